The fourth-order valence-corrected chi connectivity index (χ4v) is 2.09. The van der Waals surface area contributed by atoms with Crippen LogP contribution >= 0.6 is 0 Å². The lowest BCUT2D eigenvalue weighted by Gasteiger charge is -2.00. The average Bonchev–Trinajstić information content (AvgIpc) is 2.99. The Morgan fingerprint density at radius 1 is 1.40 bits per heavy atom. The van der Waals surface area contributed by atoms with E-state index in [1.165, 1.54) is 5.56 Å². The summed E-state index contributed by atoms with van der Waals surface area (Å²) in [7, 11) is 1.57. The van der Waals surface area contributed by atoms with Crippen molar-refractivity contribution in [2.75, 3.05) is 13.7 Å². The topological polar surface area (TPSA) is 26.3 Å². The fraction of sp³-hybridized carbons (Fsp3) is 0.462. The zero-order valence-electron chi connectivity index (χ0n) is 8.98. The number of hydrogen-bond donors (Lipinski definition) is 0. The van der Waals surface area contributed by atoms with Crippen molar-refractivity contribution in [2.24, 2.45) is 5.92 Å². The lowest BCUT2D eigenvalue weighted by molar-refractivity contribution is -0.123. The third kappa shape index (κ3) is 2.66. The first-order chi connectivity index (χ1) is 7.31. The van der Waals surface area contributed by atoms with Crippen molar-refractivity contribution in [3.8, 4) is 0 Å². The van der Waals surface area contributed by atoms with Gasteiger partial charge in [0.1, 0.15) is 6.61 Å². The Bertz CT molecular complexity index is 332. The number of ketones is 1. The van der Waals surface area contributed by atoms with Crippen molar-refractivity contribution in [1.29, 1.82) is 0 Å². The van der Waals surface area contributed by atoms with Crippen LogP contribution in [0.25, 0.3) is 0 Å². The van der Waals surface area contributed by atoms with Crippen molar-refractivity contribution in [3.63, 3.8) is 0 Å². The van der Waals surface area contributed by atoms with E-state index >= 15 is 0 Å². The van der Waals surface area contributed by atoms with Gasteiger partial charge >= 0.3 is 0 Å². The van der Waals surface area contributed by atoms with E-state index in [0.29, 0.717) is 18.3 Å². The summed E-state index contributed by atoms with van der Waals surface area (Å²) in [6.45, 7) is 0.262. The molecule has 2 heteroatoms. The summed E-state index contributed by atoms with van der Waals surface area (Å²) in [4.78, 5) is 11.3. The summed E-state index contributed by atoms with van der Waals surface area (Å²) >= 11 is 0. The Kier molecular flexibility index (Phi) is 3.17. The number of benzene rings is 1. The second kappa shape index (κ2) is 4.58. The van der Waals surface area contributed by atoms with Crippen molar-refractivity contribution >= 4 is 5.78 Å². The quantitative estimate of drug-likeness (QED) is 0.736. The van der Waals surface area contributed by atoms with Gasteiger partial charge in [0, 0.05) is 13.5 Å². The Hall–Kier alpha value is -1.15. The van der Waals surface area contributed by atoms with Gasteiger partial charge in [-0.15, -0.1) is 0 Å². The molecule has 1 fully saturated rings. The highest BCUT2D eigenvalue weighted by Gasteiger charge is 2.39. The predicted molar refractivity (Wildman–Crippen MR) is 58.8 cm³/mol. The van der Waals surface area contributed by atoms with Gasteiger partial charge in [0.05, 0.1) is 0 Å². The first-order valence-electron chi connectivity index (χ1n) is 5.37. The second-order valence-electron chi connectivity index (χ2n) is 4.19. The molecule has 2 unspecified atom stereocenters. The molecular formula is C13H16O2. The molecule has 1 aliphatic carbocycles. The van der Waals surface area contributed by atoms with E-state index < -0.39 is 0 Å². The molecule has 0 aromatic heterocycles. The molecule has 0 amide bonds. The van der Waals surface area contributed by atoms with Gasteiger partial charge in [-0.2, -0.15) is 0 Å². The molecule has 0 spiro atoms. The van der Waals surface area contributed by atoms with Crippen LogP contribution in [0.5, 0.6) is 0 Å². The minimum atomic E-state index is 0.223. The molecule has 1 saturated carbocycles. The molecule has 80 valence electrons. The van der Waals surface area contributed by atoms with Gasteiger partial charge in [-0.3, -0.25) is 4.79 Å². The third-order valence-electron chi connectivity index (χ3n) is 2.95. The predicted octanol–water partition coefficient (Wildman–Crippen LogP) is 2.40. The lowest BCUT2D eigenvalue weighted by Crippen LogP contribution is -2.07. The second-order valence-corrected chi connectivity index (χ2v) is 4.19. The number of ether oxygens (including phenoxy) is 1. The van der Waals surface area contributed by atoms with Crippen LogP contribution in [0, 0.1) is 5.92 Å². The summed E-state index contributed by atoms with van der Waals surface area (Å²) in [5.41, 5.74) is 1.37. The van der Waals surface area contributed by atoms with E-state index in [1.807, 2.05) is 6.07 Å². The smallest absolute Gasteiger partial charge is 0.158 e. The monoisotopic (exact) mass is 204 g/mol. The number of rotatable bonds is 5. The maximum atomic E-state index is 11.3. The van der Waals surface area contributed by atoms with Gasteiger partial charge in [0.15, 0.2) is 5.78 Å². The molecule has 1 aromatic rings. The van der Waals surface area contributed by atoms with Crippen LogP contribution in [0.3, 0.4) is 0 Å². The van der Waals surface area contributed by atoms with Crippen LogP contribution in [-0.2, 0) is 9.53 Å². The van der Waals surface area contributed by atoms with E-state index in [4.69, 9.17) is 4.74 Å². The molecule has 2 rings (SSSR count). The number of hydrogen-bond acceptors (Lipinski definition) is 2. The van der Waals surface area contributed by atoms with E-state index in [1.54, 1.807) is 7.11 Å². The van der Waals surface area contributed by atoms with Crippen LogP contribution in [0.2, 0.25) is 0 Å². The van der Waals surface area contributed by atoms with Gasteiger partial charge in [0.25, 0.3) is 0 Å². The molecule has 2 atom stereocenters. The molecule has 15 heavy (non-hydrogen) atoms. The highest BCUT2D eigenvalue weighted by Crippen LogP contribution is 2.49. The van der Waals surface area contributed by atoms with Gasteiger partial charge < -0.3 is 4.74 Å². The van der Waals surface area contributed by atoms with E-state index in [2.05, 4.69) is 24.3 Å². The van der Waals surface area contributed by atoms with E-state index in [-0.39, 0.29) is 12.4 Å². The molecule has 0 radical (unpaired) electrons. The molecule has 0 saturated heterocycles. The van der Waals surface area contributed by atoms with Crippen LogP contribution in [0.15, 0.2) is 30.3 Å². The van der Waals surface area contributed by atoms with Crippen molar-refractivity contribution in [3.05, 3.63) is 35.9 Å². The summed E-state index contributed by atoms with van der Waals surface area (Å²) < 4.78 is 4.82. The van der Waals surface area contributed by atoms with Crippen LogP contribution in [0.4, 0.5) is 0 Å². The summed E-state index contributed by atoms with van der Waals surface area (Å²) in [5, 5.41) is 0. The first-order valence-corrected chi connectivity index (χ1v) is 5.37. The molecule has 1 aromatic carbocycles. The van der Waals surface area contributed by atoms with Gasteiger partial charge in [-0.1, -0.05) is 30.3 Å². The number of methoxy groups -OCH3 is 1. The number of Topliss-reactive ketones (excluding diaryl/α,β-unsaturated/α-hetero) is 1. The van der Waals surface area contributed by atoms with Crippen molar-refractivity contribution in [2.45, 2.75) is 18.8 Å². The van der Waals surface area contributed by atoms with Gasteiger partial charge in [0.2, 0.25) is 0 Å². The molecule has 2 nitrogen and oxygen atoms in total. The number of carbonyl (C=O) groups is 1. The average molecular weight is 204 g/mol. The molecular weight excluding hydrogens is 188 g/mol. The Labute approximate surface area is 90.3 Å². The minimum absolute atomic E-state index is 0.223. The molecule has 0 N–H and O–H groups in total. The van der Waals surface area contributed by atoms with Gasteiger partial charge in [-0.05, 0) is 23.8 Å². The summed E-state index contributed by atoms with van der Waals surface area (Å²) in [6, 6.07) is 10.4. The summed E-state index contributed by atoms with van der Waals surface area (Å²) in [6.07, 6.45) is 1.83. The molecule has 0 bridgehead atoms. The Balaban J connectivity index is 1.84. The Morgan fingerprint density at radius 2 is 2.13 bits per heavy atom. The highest BCUT2D eigenvalue weighted by molar-refractivity contribution is 5.80. The number of carbonyl (C=O) groups excluding carboxylic acids is 1. The zero-order valence-corrected chi connectivity index (χ0v) is 8.98. The molecule has 0 heterocycles. The summed E-state index contributed by atoms with van der Waals surface area (Å²) in [5.74, 6) is 1.38. The molecule has 0 aliphatic heterocycles. The minimum Gasteiger partial charge on any atom is -0.377 e. The maximum absolute atomic E-state index is 11.3. The lowest BCUT2D eigenvalue weighted by atomic mass is 10.1. The fourth-order valence-electron chi connectivity index (χ4n) is 2.09. The maximum Gasteiger partial charge on any atom is 0.158 e. The van der Waals surface area contributed by atoms with Crippen LogP contribution in [-0.4, -0.2) is 19.5 Å². The van der Waals surface area contributed by atoms with Crippen LogP contribution < -0.4 is 0 Å². The highest BCUT2D eigenvalue weighted by atomic mass is 16.5. The van der Waals surface area contributed by atoms with Crippen molar-refractivity contribution in [1.82, 2.24) is 0 Å². The third-order valence-corrected chi connectivity index (χ3v) is 2.95. The zero-order chi connectivity index (χ0) is 10.7. The Morgan fingerprint density at radius 3 is 2.80 bits per heavy atom. The SMILES string of the molecule is COCC(=O)CC1CC1c1ccccc1. The van der Waals surface area contributed by atoms with E-state index in [9.17, 15) is 4.79 Å². The van der Waals surface area contributed by atoms with E-state index in [0.717, 1.165) is 6.42 Å². The van der Waals surface area contributed by atoms with Gasteiger partial charge in [-0.25, -0.2) is 0 Å². The first kappa shape index (κ1) is 10.4. The standard InChI is InChI=1S/C13H16O2/c1-15-9-12(14)7-11-8-13(11)10-5-3-2-4-6-10/h2-6,11,13H,7-9H2,1H3. The largest absolute Gasteiger partial charge is 0.377 e. The van der Waals surface area contributed by atoms with Crippen molar-refractivity contribution < 1.29 is 9.53 Å². The normalized spacial score (nSPS) is 23.8. The molecule has 1 aliphatic rings. The van der Waals surface area contributed by atoms with Crippen LogP contribution in [0.1, 0.15) is 24.3 Å².